The van der Waals surface area contributed by atoms with Crippen molar-refractivity contribution in [3.05, 3.63) is 77.0 Å². The van der Waals surface area contributed by atoms with Crippen molar-refractivity contribution in [1.29, 1.82) is 0 Å². The highest BCUT2D eigenvalue weighted by molar-refractivity contribution is 7.89. The molecule has 2 fully saturated rings. The number of hydrogen-bond donors (Lipinski definition) is 2. The van der Waals surface area contributed by atoms with Gasteiger partial charge in [-0.2, -0.15) is 0 Å². The molecule has 3 heterocycles. The maximum atomic E-state index is 13.6. The average Bonchev–Trinajstić information content (AvgIpc) is 2.98. The lowest BCUT2D eigenvalue weighted by atomic mass is 9.99. The number of pyridine rings is 1. The SMILES string of the molecule is C#Cc1ccccc1N1CCC(Nc2cc(C(=O)N3CCN(c4cccnc4S(N)(=O)=O)CC3)c(C)cc2C)CC1. The van der Waals surface area contributed by atoms with E-state index in [1.54, 1.807) is 12.1 Å². The van der Waals surface area contributed by atoms with Crippen molar-refractivity contribution in [3.8, 4) is 12.3 Å². The molecule has 1 aromatic heterocycles. The lowest BCUT2D eigenvalue weighted by molar-refractivity contribution is 0.0746. The smallest absolute Gasteiger partial charge is 0.257 e. The Bertz CT molecular complexity index is 1580. The van der Waals surface area contributed by atoms with Gasteiger partial charge in [-0.1, -0.05) is 24.1 Å². The van der Waals surface area contributed by atoms with E-state index in [4.69, 9.17) is 11.6 Å². The standard InChI is InChI=1S/C31H36N6O3S/c1-4-24-8-5-6-9-28(24)35-14-11-25(12-15-35)34-27-21-26(22(2)20-23(27)3)31(38)37-18-16-36(17-19-37)29-10-7-13-33-30(29)41(32,39)40/h1,5-10,13,20-21,25,34H,11-12,14-19H2,2-3H3,(H2,32,39,40). The topological polar surface area (TPSA) is 112 Å². The average molecular weight is 573 g/mol. The fraction of sp³-hybridized carbons (Fsp3) is 0.355. The molecule has 0 aliphatic carbocycles. The normalized spacial score (nSPS) is 16.4. The minimum Gasteiger partial charge on any atom is -0.382 e. The summed E-state index contributed by atoms with van der Waals surface area (Å²) in [5, 5.41) is 8.93. The molecule has 0 atom stereocenters. The number of amides is 1. The van der Waals surface area contributed by atoms with E-state index in [0.29, 0.717) is 43.5 Å². The van der Waals surface area contributed by atoms with E-state index in [0.717, 1.165) is 54.0 Å². The van der Waals surface area contributed by atoms with E-state index in [1.807, 2.05) is 41.0 Å². The van der Waals surface area contributed by atoms with Crippen LogP contribution in [-0.4, -0.2) is 69.5 Å². The highest BCUT2D eigenvalue weighted by Crippen LogP contribution is 2.29. The molecule has 3 aromatic rings. The lowest BCUT2D eigenvalue weighted by Gasteiger charge is -2.37. The summed E-state index contributed by atoms with van der Waals surface area (Å²) in [7, 11) is -3.95. The molecule has 41 heavy (non-hydrogen) atoms. The molecular formula is C31H36N6O3S. The van der Waals surface area contributed by atoms with Crippen LogP contribution < -0.4 is 20.3 Å². The Balaban J connectivity index is 1.24. The van der Waals surface area contributed by atoms with Crippen LogP contribution in [-0.2, 0) is 10.0 Å². The molecule has 2 aliphatic rings. The maximum Gasteiger partial charge on any atom is 0.257 e. The van der Waals surface area contributed by atoms with E-state index in [-0.39, 0.29) is 10.9 Å². The first kappa shape index (κ1) is 28.5. The van der Waals surface area contributed by atoms with Crippen LogP contribution in [0.2, 0.25) is 0 Å². The Labute approximate surface area is 242 Å². The van der Waals surface area contributed by atoms with Gasteiger partial charge < -0.3 is 20.0 Å². The number of aromatic nitrogens is 1. The third-order valence-corrected chi connectivity index (χ3v) is 8.84. The number of para-hydroxylation sites is 1. The van der Waals surface area contributed by atoms with Gasteiger partial charge in [-0.15, -0.1) is 6.42 Å². The first-order valence-corrected chi connectivity index (χ1v) is 15.4. The summed E-state index contributed by atoms with van der Waals surface area (Å²) in [6.45, 7) is 7.74. The Morgan fingerprint density at radius 2 is 1.61 bits per heavy atom. The summed E-state index contributed by atoms with van der Waals surface area (Å²) in [6.07, 6.45) is 9.05. The summed E-state index contributed by atoms with van der Waals surface area (Å²) in [5.74, 6) is 2.77. The molecule has 3 N–H and O–H groups in total. The number of primary sulfonamides is 1. The zero-order chi connectivity index (χ0) is 29.1. The Morgan fingerprint density at radius 3 is 2.29 bits per heavy atom. The third-order valence-electron chi connectivity index (χ3n) is 7.98. The Kier molecular flexibility index (Phi) is 8.20. The van der Waals surface area contributed by atoms with Crippen molar-refractivity contribution in [2.75, 3.05) is 54.4 Å². The quantitative estimate of drug-likeness (QED) is 0.436. The van der Waals surface area contributed by atoms with Crippen molar-refractivity contribution < 1.29 is 13.2 Å². The zero-order valence-electron chi connectivity index (χ0n) is 23.5. The minimum absolute atomic E-state index is 0.0243. The van der Waals surface area contributed by atoms with Crippen molar-refractivity contribution in [1.82, 2.24) is 9.88 Å². The lowest BCUT2D eigenvalue weighted by Crippen LogP contribution is -2.49. The number of rotatable bonds is 6. The second-order valence-electron chi connectivity index (χ2n) is 10.7. The monoisotopic (exact) mass is 572 g/mol. The summed E-state index contributed by atoms with van der Waals surface area (Å²) in [4.78, 5) is 23.7. The highest BCUT2D eigenvalue weighted by atomic mass is 32.2. The van der Waals surface area contributed by atoms with E-state index >= 15 is 0 Å². The second-order valence-corrected chi connectivity index (χ2v) is 12.2. The molecule has 0 radical (unpaired) electrons. The van der Waals surface area contributed by atoms with E-state index in [1.165, 1.54) is 6.20 Å². The van der Waals surface area contributed by atoms with Crippen LogP contribution in [0.5, 0.6) is 0 Å². The first-order valence-electron chi connectivity index (χ1n) is 13.9. The van der Waals surface area contributed by atoms with E-state index in [9.17, 15) is 13.2 Å². The summed E-state index contributed by atoms with van der Waals surface area (Å²) in [5.41, 5.74) is 6.20. The van der Waals surface area contributed by atoms with Crippen molar-refractivity contribution >= 4 is 33.0 Å². The van der Waals surface area contributed by atoms with Crippen molar-refractivity contribution in [2.45, 2.75) is 37.8 Å². The summed E-state index contributed by atoms with van der Waals surface area (Å²) < 4.78 is 24.0. The molecule has 1 amide bonds. The largest absolute Gasteiger partial charge is 0.382 e. The number of piperazine rings is 1. The predicted octanol–water partition coefficient (Wildman–Crippen LogP) is 3.37. The molecule has 10 heteroatoms. The fourth-order valence-electron chi connectivity index (χ4n) is 5.76. The van der Waals surface area contributed by atoms with Crippen molar-refractivity contribution in [2.24, 2.45) is 5.14 Å². The number of nitrogens with one attached hydrogen (secondary N) is 1. The van der Waals surface area contributed by atoms with Gasteiger partial charge in [-0.05, 0) is 68.1 Å². The van der Waals surface area contributed by atoms with Gasteiger partial charge in [0.25, 0.3) is 15.9 Å². The molecule has 2 saturated heterocycles. The van der Waals surface area contributed by atoms with Crippen LogP contribution in [0, 0.1) is 26.2 Å². The van der Waals surface area contributed by atoms with Crippen LogP contribution in [0.1, 0.15) is 39.9 Å². The molecule has 5 rings (SSSR count). The summed E-state index contributed by atoms with van der Waals surface area (Å²) >= 11 is 0. The molecular weight excluding hydrogens is 536 g/mol. The number of piperidine rings is 1. The molecule has 0 unspecified atom stereocenters. The number of nitrogens with zero attached hydrogens (tertiary/aromatic N) is 4. The number of benzene rings is 2. The van der Waals surface area contributed by atoms with Gasteiger partial charge in [-0.25, -0.2) is 18.5 Å². The number of nitrogens with two attached hydrogens (primary N) is 1. The molecule has 214 valence electrons. The van der Waals surface area contributed by atoms with Gasteiger partial charge in [0.15, 0.2) is 5.03 Å². The van der Waals surface area contributed by atoms with E-state index in [2.05, 4.69) is 40.2 Å². The molecule has 0 saturated carbocycles. The van der Waals surface area contributed by atoms with Gasteiger partial charge in [0.1, 0.15) is 0 Å². The van der Waals surface area contributed by atoms with Crippen LogP contribution >= 0.6 is 0 Å². The van der Waals surface area contributed by atoms with Gasteiger partial charge in [0.05, 0.1) is 11.4 Å². The summed E-state index contributed by atoms with van der Waals surface area (Å²) in [6, 6.07) is 15.8. The molecule has 0 spiro atoms. The fourth-order valence-corrected chi connectivity index (χ4v) is 6.45. The number of carbonyl (C=O) groups excluding carboxylic acids is 1. The number of hydrogen-bond acceptors (Lipinski definition) is 7. The van der Waals surface area contributed by atoms with Gasteiger partial charge in [0, 0.05) is 68.3 Å². The number of anilines is 3. The molecule has 2 aliphatic heterocycles. The highest BCUT2D eigenvalue weighted by Gasteiger charge is 2.28. The van der Waals surface area contributed by atoms with Gasteiger partial charge >= 0.3 is 0 Å². The maximum absolute atomic E-state index is 13.6. The number of sulfonamides is 1. The van der Waals surface area contributed by atoms with Gasteiger partial charge in [-0.3, -0.25) is 4.79 Å². The van der Waals surface area contributed by atoms with Crippen LogP contribution in [0.4, 0.5) is 17.1 Å². The zero-order valence-corrected chi connectivity index (χ0v) is 24.3. The number of aryl methyl sites for hydroxylation is 2. The Hall–Kier alpha value is -4.07. The molecule has 9 nitrogen and oxygen atoms in total. The molecule has 0 bridgehead atoms. The van der Waals surface area contributed by atoms with Crippen molar-refractivity contribution in [3.63, 3.8) is 0 Å². The Morgan fingerprint density at radius 1 is 0.951 bits per heavy atom. The third kappa shape index (κ3) is 6.16. The minimum atomic E-state index is -3.95. The first-order chi connectivity index (χ1) is 19.7. The van der Waals surface area contributed by atoms with Gasteiger partial charge in [0.2, 0.25) is 0 Å². The second kappa shape index (κ2) is 11.8. The van der Waals surface area contributed by atoms with Crippen LogP contribution in [0.15, 0.2) is 59.8 Å². The predicted molar refractivity (Wildman–Crippen MR) is 163 cm³/mol. The number of terminal acetylenes is 1. The van der Waals surface area contributed by atoms with Crippen LogP contribution in [0.3, 0.4) is 0 Å². The number of carbonyl (C=O) groups is 1. The van der Waals surface area contributed by atoms with E-state index < -0.39 is 10.0 Å². The van der Waals surface area contributed by atoms with Crippen LogP contribution in [0.25, 0.3) is 0 Å². The molecule has 2 aromatic carbocycles.